The van der Waals surface area contributed by atoms with E-state index in [2.05, 4.69) is 0 Å². The zero-order valence-corrected chi connectivity index (χ0v) is 9.28. The first-order valence-electron chi connectivity index (χ1n) is 4.80. The molecular formula is C11H16N2O2. The maximum Gasteiger partial charge on any atom is 0.259 e. The molecule has 4 nitrogen and oxygen atoms in total. The normalized spacial score (nSPS) is 9.80. The van der Waals surface area contributed by atoms with Gasteiger partial charge in [0.15, 0.2) is 0 Å². The number of nitrogens with zero attached hydrogens (tertiary/aromatic N) is 1. The summed E-state index contributed by atoms with van der Waals surface area (Å²) in [6, 6.07) is 5.21. The Bertz CT molecular complexity index is 362. The van der Waals surface area contributed by atoms with Crippen LogP contribution in [0.25, 0.3) is 0 Å². The molecule has 0 aromatic heterocycles. The highest BCUT2D eigenvalue weighted by Crippen LogP contribution is 2.25. The number of benzene rings is 1. The van der Waals surface area contributed by atoms with Gasteiger partial charge in [0.25, 0.3) is 5.91 Å². The van der Waals surface area contributed by atoms with Gasteiger partial charge in [-0.25, -0.2) is 0 Å². The minimum atomic E-state index is -0.142. The number of ether oxygens (including phenoxy) is 1. The van der Waals surface area contributed by atoms with E-state index in [9.17, 15) is 4.79 Å². The molecule has 0 aliphatic rings. The Morgan fingerprint density at radius 3 is 2.67 bits per heavy atom. The molecule has 0 saturated heterocycles. The molecule has 0 saturated carbocycles. The number of rotatable bonds is 3. The summed E-state index contributed by atoms with van der Waals surface area (Å²) in [4.78, 5) is 13.3. The van der Waals surface area contributed by atoms with E-state index >= 15 is 0 Å². The Hall–Kier alpha value is -1.71. The van der Waals surface area contributed by atoms with E-state index in [1.54, 1.807) is 32.3 Å². The molecule has 0 aliphatic carbocycles. The molecule has 2 N–H and O–H groups in total. The van der Waals surface area contributed by atoms with E-state index in [-0.39, 0.29) is 5.91 Å². The number of nitrogen functional groups attached to an aromatic ring is 1. The summed E-state index contributed by atoms with van der Waals surface area (Å²) in [6.07, 6.45) is 0. The molecule has 15 heavy (non-hydrogen) atoms. The van der Waals surface area contributed by atoms with Gasteiger partial charge in [0.1, 0.15) is 11.3 Å². The van der Waals surface area contributed by atoms with Crippen LogP contribution in [-0.2, 0) is 0 Å². The van der Waals surface area contributed by atoms with Gasteiger partial charge in [0.2, 0.25) is 0 Å². The maximum atomic E-state index is 11.8. The molecule has 0 spiro atoms. The van der Waals surface area contributed by atoms with Crippen molar-refractivity contribution < 1.29 is 9.53 Å². The predicted molar refractivity (Wildman–Crippen MR) is 60.0 cm³/mol. The highest BCUT2D eigenvalue weighted by molar-refractivity contribution is 6.01. The molecule has 1 aromatic rings. The van der Waals surface area contributed by atoms with Crippen molar-refractivity contribution in [3.05, 3.63) is 23.8 Å². The lowest BCUT2D eigenvalue weighted by Gasteiger charge is -2.15. The van der Waals surface area contributed by atoms with E-state index < -0.39 is 0 Å². The highest BCUT2D eigenvalue weighted by Gasteiger charge is 2.17. The first-order chi connectivity index (χ1) is 7.07. The lowest BCUT2D eigenvalue weighted by molar-refractivity contribution is 0.0824. The largest absolute Gasteiger partial charge is 0.493 e. The molecule has 82 valence electrons. The van der Waals surface area contributed by atoms with Crippen molar-refractivity contribution in [1.29, 1.82) is 0 Å². The van der Waals surface area contributed by atoms with Gasteiger partial charge >= 0.3 is 0 Å². The third kappa shape index (κ3) is 2.40. The fraction of sp³-hybridized carbons (Fsp3) is 0.364. The standard InChI is InChI=1S/C11H16N2O2/c1-4-15-9-7-5-6-8(12)10(9)11(14)13(2)3/h5-7H,4,12H2,1-3H3. The number of nitrogens with two attached hydrogens (primary N) is 1. The SMILES string of the molecule is CCOc1cccc(N)c1C(=O)N(C)C. The number of anilines is 1. The van der Waals surface area contributed by atoms with Crippen LogP contribution in [0.1, 0.15) is 17.3 Å². The number of hydrogen-bond acceptors (Lipinski definition) is 3. The highest BCUT2D eigenvalue weighted by atomic mass is 16.5. The van der Waals surface area contributed by atoms with Crippen molar-refractivity contribution in [3.8, 4) is 5.75 Å². The van der Waals surface area contributed by atoms with Crippen molar-refractivity contribution in [1.82, 2.24) is 4.90 Å². The third-order valence-corrected chi connectivity index (χ3v) is 1.98. The van der Waals surface area contributed by atoms with E-state index in [1.807, 2.05) is 6.92 Å². The smallest absolute Gasteiger partial charge is 0.259 e. The van der Waals surface area contributed by atoms with Crippen LogP contribution < -0.4 is 10.5 Å². The van der Waals surface area contributed by atoms with Crippen LogP contribution in [0.4, 0.5) is 5.69 Å². The van der Waals surface area contributed by atoms with Gasteiger partial charge in [-0.3, -0.25) is 4.79 Å². The van der Waals surface area contributed by atoms with E-state index in [0.29, 0.717) is 23.6 Å². The Morgan fingerprint density at radius 1 is 1.47 bits per heavy atom. The number of hydrogen-bond donors (Lipinski definition) is 1. The number of carbonyl (C=O) groups is 1. The molecule has 0 bridgehead atoms. The van der Waals surface area contributed by atoms with Crippen molar-refractivity contribution in [3.63, 3.8) is 0 Å². The summed E-state index contributed by atoms with van der Waals surface area (Å²) in [7, 11) is 3.37. The first kappa shape index (κ1) is 11.4. The molecule has 0 atom stereocenters. The van der Waals surface area contributed by atoms with Crippen molar-refractivity contribution in [2.75, 3.05) is 26.4 Å². The molecule has 4 heteroatoms. The summed E-state index contributed by atoms with van der Waals surface area (Å²) >= 11 is 0. The van der Waals surface area contributed by atoms with Gasteiger partial charge in [-0.15, -0.1) is 0 Å². The Labute approximate surface area is 89.6 Å². The van der Waals surface area contributed by atoms with Gasteiger partial charge in [-0.2, -0.15) is 0 Å². The molecule has 0 radical (unpaired) electrons. The zero-order chi connectivity index (χ0) is 11.4. The Kier molecular flexibility index (Phi) is 3.55. The van der Waals surface area contributed by atoms with Gasteiger partial charge in [0.05, 0.1) is 6.61 Å². The monoisotopic (exact) mass is 208 g/mol. The van der Waals surface area contributed by atoms with Gasteiger partial charge in [-0.05, 0) is 19.1 Å². The molecule has 1 aromatic carbocycles. The average molecular weight is 208 g/mol. The Morgan fingerprint density at radius 2 is 2.13 bits per heavy atom. The lowest BCUT2D eigenvalue weighted by atomic mass is 10.1. The van der Waals surface area contributed by atoms with Gasteiger partial charge < -0.3 is 15.4 Å². The van der Waals surface area contributed by atoms with Crippen molar-refractivity contribution >= 4 is 11.6 Å². The fourth-order valence-corrected chi connectivity index (χ4v) is 1.28. The van der Waals surface area contributed by atoms with E-state index in [1.165, 1.54) is 4.90 Å². The minimum absolute atomic E-state index is 0.142. The van der Waals surface area contributed by atoms with Crippen molar-refractivity contribution in [2.45, 2.75) is 6.92 Å². The summed E-state index contributed by atoms with van der Waals surface area (Å²) in [5.74, 6) is 0.396. The third-order valence-electron chi connectivity index (χ3n) is 1.98. The second-order valence-electron chi connectivity index (χ2n) is 3.35. The van der Waals surface area contributed by atoms with E-state index in [4.69, 9.17) is 10.5 Å². The van der Waals surface area contributed by atoms with Crippen LogP contribution in [-0.4, -0.2) is 31.5 Å². The first-order valence-corrected chi connectivity index (χ1v) is 4.80. The second-order valence-corrected chi connectivity index (χ2v) is 3.35. The topological polar surface area (TPSA) is 55.6 Å². The predicted octanol–water partition coefficient (Wildman–Crippen LogP) is 1.37. The fourth-order valence-electron chi connectivity index (χ4n) is 1.28. The quantitative estimate of drug-likeness (QED) is 0.763. The number of carbonyl (C=O) groups excluding carboxylic acids is 1. The molecular weight excluding hydrogens is 192 g/mol. The second kappa shape index (κ2) is 4.68. The summed E-state index contributed by atoms with van der Waals surface area (Å²) in [5, 5.41) is 0. The zero-order valence-electron chi connectivity index (χ0n) is 9.28. The molecule has 1 amide bonds. The summed E-state index contributed by atoms with van der Waals surface area (Å²) in [5.41, 5.74) is 6.64. The van der Waals surface area contributed by atoms with Crippen LogP contribution in [0.3, 0.4) is 0 Å². The lowest BCUT2D eigenvalue weighted by Crippen LogP contribution is -2.23. The molecule has 0 aliphatic heterocycles. The van der Waals surface area contributed by atoms with Crippen LogP contribution in [0.5, 0.6) is 5.75 Å². The van der Waals surface area contributed by atoms with Crippen molar-refractivity contribution in [2.24, 2.45) is 0 Å². The average Bonchev–Trinajstić information content (AvgIpc) is 2.17. The molecule has 0 heterocycles. The van der Waals surface area contributed by atoms with Crippen LogP contribution in [0.2, 0.25) is 0 Å². The maximum absolute atomic E-state index is 11.8. The molecule has 0 unspecified atom stereocenters. The van der Waals surface area contributed by atoms with E-state index in [0.717, 1.165) is 0 Å². The molecule has 1 rings (SSSR count). The van der Waals surface area contributed by atoms with Crippen LogP contribution in [0.15, 0.2) is 18.2 Å². The molecule has 0 fully saturated rings. The summed E-state index contributed by atoms with van der Waals surface area (Å²) < 4.78 is 5.36. The van der Waals surface area contributed by atoms with Gasteiger partial charge in [0, 0.05) is 19.8 Å². The number of amides is 1. The minimum Gasteiger partial charge on any atom is -0.493 e. The summed E-state index contributed by atoms with van der Waals surface area (Å²) in [6.45, 7) is 2.38. The van der Waals surface area contributed by atoms with Gasteiger partial charge in [-0.1, -0.05) is 6.07 Å². The van der Waals surface area contributed by atoms with Crippen LogP contribution >= 0.6 is 0 Å². The Balaban J connectivity index is 3.18. The van der Waals surface area contributed by atoms with Crippen LogP contribution in [0, 0.1) is 0 Å².